The lowest BCUT2D eigenvalue weighted by Crippen LogP contribution is -2.50. The second kappa shape index (κ2) is 4.77. The van der Waals surface area contributed by atoms with Gasteiger partial charge >= 0.3 is 0 Å². The van der Waals surface area contributed by atoms with Crippen molar-refractivity contribution >= 4 is 0 Å². The number of piperazine rings is 1. The summed E-state index contributed by atoms with van der Waals surface area (Å²) in [7, 11) is 0. The van der Waals surface area contributed by atoms with Crippen LogP contribution in [0.3, 0.4) is 0 Å². The molecule has 1 aliphatic heterocycles. The van der Waals surface area contributed by atoms with Crippen LogP contribution in [0, 0.1) is 0 Å². The van der Waals surface area contributed by atoms with E-state index in [1.54, 1.807) is 0 Å². The maximum atomic E-state index is 9.28. The molecular weight excluding hydrogens is 154 g/mol. The van der Waals surface area contributed by atoms with Crippen molar-refractivity contribution in [1.29, 1.82) is 0 Å². The highest BCUT2D eigenvalue weighted by atomic mass is 16.3. The number of nitrogens with zero attached hydrogens (tertiary/aromatic N) is 2. The Hall–Kier alpha value is -0.160. The summed E-state index contributed by atoms with van der Waals surface area (Å²) in [6.07, 6.45) is -0.301. The minimum Gasteiger partial charge on any atom is -0.379 e. The van der Waals surface area contributed by atoms with Crippen molar-refractivity contribution in [3.63, 3.8) is 0 Å². The van der Waals surface area contributed by atoms with E-state index in [-0.39, 0.29) is 6.23 Å². The van der Waals surface area contributed by atoms with Crippen LogP contribution < -0.4 is 5.73 Å². The molecule has 4 heteroatoms. The summed E-state index contributed by atoms with van der Waals surface area (Å²) in [4.78, 5) is 4.41. The third-order valence-electron chi connectivity index (χ3n) is 2.38. The molecule has 0 aliphatic carbocycles. The molecule has 12 heavy (non-hydrogen) atoms. The normalized spacial score (nSPS) is 24.2. The van der Waals surface area contributed by atoms with Gasteiger partial charge in [0.2, 0.25) is 0 Å². The molecule has 72 valence electrons. The quantitative estimate of drug-likeness (QED) is 0.569. The molecule has 1 atom stereocenters. The highest BCUT2D eigenvalue weighted by Gasteiger charge is 2.18. The Labute approximate surface area is 73.9 Å². The van der Waals surface area contributed by atoms with Crippen molar-refractivity contribution in [2.24, 2.45) is 5.73 Å². The van der Waals surface area contributed by atoms with Crippen molar-refractivity contribution < 1.29 is 5.11 Å². The highest BCUT2D eigenvalue weighted by molar-refractivity contribution is 4.72. The van der Waals surface area contributed by atoms with Crippen molar-refractivity contribution in [3.05, 3.63) is 0 Å². The van der Waals surface area contributed by atoms with E-state index in [0.29, 0.717) is 0 Å². The molecule has 1 heterocycles. The average Bonchev–Trinajstić information content (AvgIpc) is 2.06. The van der Waals surface area contributed by atoms with Gasteiger partial charge in [-0.15, -0.1) is 0 Å². The summed E-state index contributed by atoms with van der Waals surface area (Å²) in [6, 6.07) is 0. The van der Waals surface area contributed by atoms with Gasteiger partial charge < -0.3 is 10.8 Å². The fraction of sp³-hybridized carbons (Fsp3) is 1.00. The van der Waals surface area contributed by atoms with E-state index in [1.807, 2.05) is 6.92 Å². The third kappa shape index (κ3) is 2.71. The van der Waals surface area contributed by atoms with Crippen LogP contribution in [0.15, 0.2) is 0 Å². The van der Waals surface area contributed by atoms with Crippen LogP contribution in [0.25, 0.3) is 0 Å². The van der Waals surface area contributed by atoms with Crippen LogP contribution in [0.1, 0.15) is 6.92 Å². The number of nitrogens with two attached hydrogens (primary N) is 1. The van der Waals surface area contributed by atoms with E-state index < -0.39 is 0 Å². The van der Waals surface area contributed by atoms with E-state index in [2.05, 4.69) is 9.80 Å². The molecule has 0 aromatic heterocycles. The SMILES string of the molecule is CC(O)N1CCN(CCN)CC1. The molecule has 0 bridgehead atoms. The van der Waals surface area contributed by atoms with Gasteiger partial charge in [-0.3, -0.25) is 9.80 Å². The minimum atomic E-state index is -0.301. The lowest BCUT2D eigenvalue weighted by Gasteiger charge is -2.35. The first kappa shape index (κ1) is 9.92. The van der Waals surface area contributed by atoms with Gasteiger partial charge in [-0.05, 0) is 6.92 Å². The zero-order valence-electron chi connectivity index (χ0n) is 7.74. The summed E-state index contributed by atoms with van der Waals surface area (Å²) >= 11 is 0. The molecule has 3 N–H and O–H groups in total. The minimum absolute atomic E-state index is 0.301. The first-order chi connectivity index (χ1) is 5.74. The van der Waals surface area contributed by atoms with E-state index in [1.165, 1.54) is 0 Å². The first-order valence-electron chi connectivity index (χ1n) is 4.58. The Morgan fingerprint density at radius 1 is 1.33 bits per heavy atom. The molecule has 0 spiro atoms. The molecule has 0 saturated carbocycles. The number of aliphatic hydroxyl groups excluding tert-OH is 1. The molecule has 1 fully saturated rings. The van der Waals surface area contributed by atoms with Crippen LogP contribution in [0.5, 0.6) is 0 Å². The van der Waals surface area contributed by atoms with Gasteiger partial charge in [-0.1, -0.05) is 0 Å². The van der Waals surface area contributed by atoms with Crippen molar-refractivity contribution in [2.75, 3.05) is 39.3 Å². The molecule has 0 radical (unpaired) electrons. The third-order valence-corrected chi connectivity index (χ3v) is 2.38. The largest absolute Gasteiger partial charge is 0.379 e. The Kier molecular flexibility index (Phi) is 3.94. The molecular formula is C8H19N3O. The summed E-state index contributed by atoms with van der Waals surface area (Å²) in [6.45, 7) is 7.50. The Bertz CT molecular complexity index is 121. The lowest BCUT2D eigenvalue weighted by molar-refractivity contribution is -0.0121. The van der Waals surface area contributed by atoms with Crippen LogP contribution in [-0.4, -0.2) is 60.4 Å². The predicted molar refractivity (Wildman–Crippen MR) is 48.7 cm³/mol. The highest BCUT2D eigenvalue weighted by Crippen LogP contribution is 2.03. The van der Waals surface area contributed by atoms with E-state index >= 15 is 0 Å². The summed E-state index contributed by atoms with van der Waals surface area (Å²) in [5.74, 6) is 0. The fourth-order valence-electron chi connectivity index (χ4n) is 1.54. The molecule has 1 unspecified atom stereocenters. The zero-order chi connectivity index (χ0) is 8.97. The number of hydrogen-bond donors (Lipinski definition) is 2. The first-order valence-corrected chi connectivity index (χ1v) is 4.58. The molecule has 4 nitrogen and oxygen atoms in total. The van der Waals surface area contributed by atoms with E-state index in [9.17, 15) is 5.11 Å². The Balaban J connectivity index is 2.20. The zero-order valence-corrected chi connectivity index (χ0v) is 7.74. The second-order valence-electron chi connectivity index (χ2n) is 3.30. The van der Waals surface area contributed by atoms with Gasteiger partial charge in [0, 0.05) is 39.3 Å². The van der Waals surface area contributed by atoms with Crippen LogP contribution in [-0.2, 0) is 0 Å². The second-order valence-corrected chi connectivity index (χ2v) is 3.30. The van der Waals surface area contributed by atoms with Crippen molar-refractivity contribution in [2.45, 2.75) is 13.2 Å². The lowest BCUT2D eigenvalue weighted by atomic mass is 10.3. The Morgan fingerprint density at radius 2 is 1.92 bits per heavy atom. The molecule has 0 amide bonds. The average molecular weight is 173 g/mol. The molecule has 0 aromatic rings. The van der Waals surface area contributed by atoms with Crippen molar-refractivity contribution in [3.8, 4) is 0 Å². The van der Waals surface area contributed by atoms with E-state index in [4.69, 9.17) is 5.73 Å². The van der Waals surface area contributed by atoms with Gasteiger partial charge in [0.05, 0.1) is 0 Å². The summed E-state index contributed by atoms with van der Waals surface area (Å²) in [5, 5.41) is 9.28. The standard InChI is InChI=1S/C8H19N3O/c1-8(12)11-6-4-10(3-2-9)5-7-11/h8,12H,2-7,9H2,1H3. The number of rotatable bonds is 3. The predicted octanol–water partition coefficient (Wildman–Crippen LogP) is -1.10. The topological polar surface area (TPSA) is 52.7 Å². The molecule has 1 saturated heterocycles. The molecule has 1 rings (SSSR count). The van der Waals surface area contributed by atoms with Gasteiger partial charge in [-0.2, -0.15) is 0 Å². The van der Waals surface area contributed by atoms with Crippen molar-refractivity contribution in [1.82, 2.24) is 9.80 Å². The number of hydrogen-bond acceptors (Lipinski definition) is 4. The van der Waals surface area contributed by atoms with Gasteiger partial charge in [0.25, 0.3) is 0 Å². The molecule has 1 aliphatic rings. The van der Waals surface area contributed by atoms with Gasteiger partial charge in [-0.25, -0.2) is 0 Å². The fourth-order valence-corrected chi connectivity index (χ4v) is 1.54. The van der Waals surface area contributed by atoms with Crippen LogP contribution in [0.2, 0.25) is 0 Å². The maximum absolute atomic E-state index is 9.28. The van der Waals surface area contributed by atoms with E-state index in [0.717, 1.165) is 39.3 Å². The molecule has 0 aromatic carbocycles. The number of aliphatic hydroxyl groups is 1. The van der Waals surface area contributed by atoms with Crippen LogP contribution >= 0.6 is 0 Å². The smallest absolute Gasteiger partial charge is 0.104 e. The summed E-state index contributed by atoms with van der Waals surface area (Å²) in [5.41, 5.74) is 5.45. The van der Waals surface area contributed by atoms with Gasteiger partial charge in [0.15, 0.2) is 0 Å². The summed E-state index contributed by atoms with van der Waals surface area (Å²) < 4.78 is 0. The Morgan fingerprint density at radius 3 is 2.33 bits per heavy atom. The monoisotopic (exact) mass is 173 g/mol. The van der Waals surface area contributed by atoms with Crippen LogP contribution in [0.4, 0.5) is 0 Å². The van der Waals surface area contributed by atoms with Gasteiger partial charge in [0.1, 0.15) is 6.23 Å². The maximum Gasteiger partial charge on any atom is 0.104 e.